The zero-order chi connectivity index (χ0) is 18.4. The van der Waals surface area contributed by atoms with Crippen molar-refractivity contribution in [2.45, 2.75) is 0 Å². The van der Waals surface area contributed by atoms with Crippen molar-refractivity contribution in [2.75, 3.05) is 21.3 Å². The van der Waals surface area contributed by atoms with Crippen LogP contribution in [0.25, 0.3) is 0 Å². The van der Waals surface area contributed by atoms with Gasteiger partial charge in [-0.3, -0.25) is 4.79 Å². The van der Waals surface area contributed by atoms with Crippen molar-refractivity contribution >= 4 is 35.3 Å². The van der Waals surface area contributed by atoms with Gasteiger partial charge in [-0.1, -0.05) is 23.2 Å². The van der Waals surface area contributed by atoms with Crippen molar-refractivity contribution in [3.05, 3.63) is 51.5 Å². The fourth-order valence-corrected chi connectivity index (χ4v) is 2.54. The molecular formula is C17H16Cl2N2O4. The van der Waals surface area contributed by atoms with Gasteiger partial charge in [0.05, 0.1) is 38.1 Å². The number of hydrogen-bond acceptors (Lipinski definition) is 5. The summed E-state index contributed by atoms with van der Waals surface area (Å²) in [5.41, 5.74) is 3.27. The van der Waals surface area contributed by atoms with E-state index in [2.05, 4.69) is 10.5 Å². The SMILES string of the molecule is COc1cc(OC)c(OC)cc1/C=N\NC(=O)c1ccc(Cl)cc1Cl. The molecule has 0 saturated heterocycles. The van der Waals surface area contributed by atoms with Gasteiger partial charge in [-0.2, -0.15) is 5.10 Å². The second-order valence-electron chi connectivity index (χ2n) is 4.77. The molecule has 0 spiro atoms. The van der Waals surface area contributed by atoms with Crippen LogP contribution < -0.4 is 19.6 Å². The topological polar surface area (TPSA) is 69.2 Å². The lowest BCUT2D eigenvalue weighted by molar-refractivity contribution is 0.0955. The first kappa shape index (κ1) is 18.9. The summed E-state index contributed by atoms with van der Waals surface area (Å²) in [5.74, 6) is 1.09. The molecule has 0 atom stereocenters. The van der Waals surface area contributed by atoms with E-state index in [1.807, 2.05) is 0 Å². The van der Waals surface area contributed by atoms with E-state index < -0.39 is 5.91 Å². The molecule has 0 aliphatic heterocycles. The highest BCUT2D eigenvalue weighted by molar-refractivity contribution is 6.36. The van der Waals surface area contributed by atoms with Gasteiger partial charge < -0.3 is 14.2 Å². The summed E-state index contributed by atoms with van der Waals surface area (Å²) >= 11 is 11.8. The first-order valence-electron chi connectivity index (χ1n) is 7.08. The molecular weight excluding hydrogens is 367 g/mol. The number of carbonyl (C=O) groups excluding carboxylic acids is 1. The van der Waals surface area contributed by atoms with Gasteiger partial charge in [0.15, 0.2) is 11.5 Å². The molecule has 0 aliphatic carbocycles. The molecule has 6 nitrogen and oxygen atoms in total. The normalized spacial score (nSPS) is 10.6. The van der Waals surface area contributed by atoms with Crippen LogP contribution in [0, 0.1) is 0 Å². The first-order valence-corrected chi connectivity index (χ1v) is 7.84. The fourth-order valence-electron chi connectivity index (χ4n) is 2.05. The third kappa shape index (κ3) is 4.55. The second kappa shape index (κ2) is 8.60. The number of nitrogens with zero attached hydrogens (tertiary/aromatic N) is 1. The van der Waals surface area contributed by atoms with E-state index >= 15 is 0 Å². The minimum absolute atomic E-state index is 0.240. The van der Waals surface area contributed by atoms with E-state index in [4.69, 9.17) is 37.4 Å². The minimum Gasteiger partial charge on any atom is -0.496 e. The number of nitrogens with one attached hydrogen (secondary N) is 1. The zero-order valence-corrected chi connectivity index (χ0v) is 15.3. The van der Waals surface area contributed by atoms with Gasteiger partial charge in [0.25, 0.3) is 5.91 Å². The maximum atomic E-state index is 12.1. The van der Waals surface area contributed by atoms with Crippen LogP contribution in [0.1, 0.15) is 15.9 Å². The van der Waals surface area contributed by atoms with Gasteiger partial charge in [0.2, 0.25) is 0 Å². The van der Waals surface area contributed by atoms with E-state index in [0.717, 1.165) is 0 Å². The van der Waals surface area contributed by atoms with Crippen molar-refractivity contribution in [3.63, 3.8) is 0 Å². The Labute approximate surface area is 155 Å². The first-order chi connectivity index (χ1) is 12.0. The molecule has 1 N–H and O–H groups in total. The van der Waals surface area contributed by atoms with E-state index in [0.29, 0.717) is 27.8 Å². The smallest absolute Gasteiger partial charge is 0.272 e. The Hall–Kier alpha value is -2.44. The second-order valence-corrected chi connectivity index (χ2v) is 5.62. The van der Waals surface area contributed by atoms with Crippen LogP contribution in [0.15, 0.2) is 35.4 Å². The summed E-state index contributed by atoms with van der Waals surface area (Å²) in [6, 6.07) is 7.93. The summed E-state index contributed by atoms with van der Waals surface area (Å²) < 4.78 is 15.7. The molecule has 2 aromatic rings. The van der Waals surface area contributed by atoms with E-state index in [1.165, 1.54) is 39.7 Å². The van der Waals surface area contributed by atoms with Gasteiger partial charge in [-0.25, -0.2) is 5.43 Å². The summed E-state index contributed by atoms with van der Waals surface area (Å²) in [7, 11) is 4.57. The summed E-state index contributed by atoms with van der Waals surface area (Å²) in [4.78, 5) is 12.1. The van der Waals surface area contributed by atoms with Gasteiger partial charge in [0, 0.05) is 16.7 Å². The van der Waals surface area contributed by atoms with Crippen molar-refractivity contribution in [2.24, 2.45) is 5.10 Å². The van der Waals surface area contributed by atoms with E-state index in [-0.39, 0.29) is 10.6 Å². The quantitative estimate of drug-likeness (QED) is 0.609. The molecule has 0 bridgehead atoms. The molecule has 0 radical (unpaired) electrons. The van der Waals surface area contributed by atoms with E-state index in [1.54, 1.807) is 18.2 Å². The summed E-state index contributed by atoms with van der Waals surface area (Å²) in [5, 5.41) is 4.61. The predicted molar refractivity (Wildman–Crippen MR) is 97.6 cm³/mol. The van der Waals surface area contributed by atoms with Crippen molar-refractivity contribution in [1.82, 2.24) is 5.43 Å². The number of hydrazone groups is 1. The van der Waals surface area contributed by atoms with Crippen LogP contribution in [0.5, 0.6) is 17.2 Å². The largest absolute Gasteiger partial charge is 0.496 e. The highest BCUT2D eigenvalue weighted by Crippen LogP contribution is 2.33. The number of amides is 1. The Morgan fingerprint density at radius 1 is 1.00 bits per heavy atom. The van der Waals surface area contributed by atoms with Crippen molar-refractivity contribution in [3.8, 4) is 17.2 Å². The molecule has 132 valence electrons. The number of rotatable bonds is 6. The molecule has 0 heterocycles. The standard InChI is InChI=1S/C17H16Cl2N2O4/c1-23-14-8-16(25-3)15(24-2)6-10(14)9-20-21-17(22)12-5-4-11(18)7-13(12)19/h4-9H,1-3H3,(H,21,22)/b20-9-. The van der Waals surface area contributed by atoms with Crippen molar-refractivity contribution in [1.29, 1.82) is 0 Å². The maximum Gasteiger partial charge on any atom is 0.272 e. The van der Waals surface area contributed by atoms with Crippen LogP contribution in [0.4, 0.5) is 0 Å². The lowest BCUT2D eigenvalue weighted by Gasteiger charge is -2.11. The van der Waals surface area contributed by atoms with Crippen molar-refractivity contribution < 1.29 is 19.0 Å². The number of hydrogen-bond donors (Lipinski definition) is 1. The third-order valence-corrected chi connectivity index (χ3v) is 3.83. The molecule has 0 fully saturated rings. The van der Waals surface area contributed by atoms with Crippen LogP contribution in [0.3, 0.4) is 0 Å². The van der Waals surface area contributed by atoms with E-state index in [9.17, 15) is 4.79 Å². The molecule has 25 heavy (non-hydrogen) atoms. The third-order valence-electron chi connectivity index (χ3n) is 3.28. The zero-order valence-electron chi connectivity index (χ0n) is 13.8. The Morgan fingerprint density at radius 3 is 2.24 bits per heavy atom. The number of carbonyl (C=O) groups is 1. The highest BCUT2D eigenvalue weighted by Gasteiger charge is 2.12. The van der Waals surface area contributed by atoms with Gasteiger partial charge in [-0.05, 0) is 24.3 Å². The molecule has 0 aliphatic rings. The molecule has 2 aromatic carbocycles. The van der Waals surface area contributed by atoms with Crippen LogP contribution >= 0.6 is 23.2 Å². The average Bonchev–Trinajstić information content (AvgIpc) is 2.60. The summed E-state index contributed by atoms with van der Waals surface area (Å²) in [6.45, 7) is 0. The molecule has 8 heteroatoms. The van der Waals surface area contributed by atoms with Crippen LogP contribution in [0.2, 0.25) is 10.0 Å². The Balaban J connectivity index is 2.20. The lowest BCUT2D eigenvalue weighted by atomic mass is 10.2. The monoisotopic (exact) mass is 382 g/mol. The van der Waals surface area contributed by atoms with Gasteiger partial charge in [0.1, 0.15) is 5.75 Å². The molecule has 2 rings (SSSR count). The maximum absolute atomic E-state index is 12.1. The summed E-state index contributed by atoms with van der Waals surface area (Å²) in [6.07, 6.45) is 1.43. The predicted octanol–water partition coefficient (Wildman–Crippen LogP) is 3.78. The number of benzene rings is 2. The average molecular weight is 383 g/mol. The number of ether oxygens (including phenoxy) is 3. The van der Waals surface area contributed by atoms with Crippen LogP contribution in [-0.2, 0) is 0 Å². The fraction of sp³-hybridized carbons (Fsp3) is 0.176. The number of halogens is 2. The van der Waals surface area contributed by atoms with Gasteiger partial charge >= 0.3 is 0 Å². The molecule has 0 unspecified atom stereocenters. The Kier molecular flexibility index (Phi) is 6.50. The Morgan fingerprint density at radius 2 is 1.64 bits per heavy atom. The molecule has 0 saturated carbocycles. The lowest BCUT2D eigenvalue weighted by Crippen LogP contribution is -2.18. The van der Waals surface area contributed by atoms with Gasteiger partial charge in [-0.15, -0.1) is 0 Å². The molecule has 1 amide bonds. The highest BCUT2D eigenvalue weighted by atomic mass is 35.5. The number of methoxy groups -OCH3 is 3. The molecule has 0 aromatic heterocycles. The Bertz CT molecular complexity index is 809. The van der Waals surface area contributed by atoms with Crippen LogP contribution in [-0.4, -0.2) is 33.5 Å². The minimum atomic E-state index is -0.461.